The van der Waals surface area contributed by atoms with E-state index >= 15 is 0 Å². The molecule has 6 heteroatoms. The first-order valence-corrected chi connectivity index (χ1v) is 8.51. The van der Waals surface area contributed by atoms with Crippen LogP contribution in [0.25, 0.3) is 0 Å². The van der Waals surface area contributed by atoms with Crippen LogP contribution in [-0.2, 0) is 11.8 Å². The molecule has 124 valence electrons. The van der Waals surface area contributed by atoms with Gasteiger partial charge in [-0.25, -0.2) is 0 Å². The summed E-state index contributed by atoms with van der Waals surface area (Å²) in [6.07, 6.45) is 5.86. The van der Waals surface area contributed by atoms with E-state index in [1.807, 2.05) is 11.9 Å². The molecule has 0 spiro atoms. The Morgan fingerprint density at radius 1 is 1.30 bits per heavy atom. The SMILES string of the molecule is CC(=O)N1C[C@@H]2C[C@@]3(C)[C@H](CCC[C@@H]13)N2C(=O)c1ccnn1C. The van der Waals surface area contributed by atoms with Gasteiger partial charge in [-0.15, -0.1) is 0 Å². The topological polar surface area (TPSA) is 58.4 Å². The maximum Gasteiger partial charge on any atom is 0.272 e. The number of fused-ring (bicyclic) bond motifs is 1. The highest BCUT2D eigenvalue weighted by Crippen LogP contribution is 2.54. The van der Waals surface area contributed by atoms with E-state index in [1.165, 1.54) is 0 Å². The first-order valence-electron chi connectivity index (χ1n) is 8.51. The summed E-state index contributed by atoms with van der Waals surface area (Å²) in [7, 11) is 1.81. The molecule has 1 aromatic rings. The molecule has 3 aliphatic rings. The van der Waals surface area contributed by atoms with Gasteiger partial charge in [0.25, 0.3) is 5.91 Å². The third kappa shape index (κ3) is 1.90. The monoisotopic (exact) mass is 316 g/mol. The van der Waals surface area contributed by atoms with E-state index in [1.54, 1.807) is 23.9 Å². The normalized spacial score (nSPS) is 35.5. The second-order valence-electron chi connectivity index (χ2n) is 7.55. The summed E-state index contributed by atoms with van der Waals surface area (Å²) in [5.74, 6) is 0.205. The zero-order valence-electron chi connectivity index (χ0n) is 14.0. The fourth-order valence-corrected chi connectivity index (χ4v) is 5.37. The lowest BCUT2D eigenvalue weighted by Gasteiger charge is -2.49. The van der Waals surface area contributed by atoms with Crippen molar-refractivity contribution < 1.29 is 9.59 Å². The molecule has 0 unspecified atom stereocenters. The van der Waals surface area contributed by atoms with Crippen LogP contribution in [0.15, 0.2) is 12.3 Å². The predicted molar refractivity (Wildman–Crippen MR) is 84.7 cm³/mol. The molecule has 3 heterocycles. The van der Waals surface area contributed by atoms with E-state index in [2.05, 4.69) is 16.9 Å². The number of carbonyl (C=O) groups excluding carboxylic acids is 2. The van der Waals surface area contributed by atoms with Gasteiger partial charge in [0.15, 0.2) is 0 Å². The fraction of sp³-hybridized carbons (Fsp3) is 0.706. The summed E-state index contributed by atoms with van der Waals surface area (Å²) in [5, 5.41) is 4.14. The van der Waals surface area contributed by atoms with Crippen molar-refractivity contribution in [1.29, 1.82) is 0 Å². The molecule has 0 aromatic carbocycles. The largest absolute Gasteiger partial charge is 0.337 e. The molecule has 3 fully saturated rings. The van der Waals surface area contributed by atoms with Crippen molar-refractivity contribution >= 4 is 11.8 Å². The molecule has 4 atom stereocenters. The molecule has 4 rings (SSSR count). The van der Waals surface area contributed by atoms with E-state index in [4.69, 9.17) is 0 Å². The van der Waals surface area contributed by atoms with Crippen LogP contribution in [0.3, 0.4) is 0 Å². The predicted octanol–water partition coefficient (Wildman–Crippen LogP) is 1.42. The first kappa shape index (κ1) is 14.7. The lowest BCUT2D eigenvalue weighted by Crippen LogP contribution is -2.57. The van der Waals surface area contributed by atoms with Crippen LogP contribution in [-0.4, -0.2) is 56.1 Å². The summed E-state index contributed by atoms with van der Waals surface area (Å²) in [6.45, 7) is 4.61. The van der Waals surface area contributed by atoms with Crippen LogP contribution in [0, 0.1) is 5.41 Å². The second kappa shape index (κ2) is 4.82. The summed E-state index contributed by atoms with van der Waals surface area (Å²) >= 11 is 0. The van der Waals surface area contributed by atoms with Gasteiger partial charge in [-0.2, -0.15) is 5.10 Å². The number of aromatic nitrogens is 2. The molecule has 1 aliphatic carbocycles. The fourth-order valence-electron chi connectivity index (χ4n) is 5.37. The molecule has 2 aliphatic heterocycles. The molecule has 2 saturated heterocycles. The van der Waals surface area contributed by atoms with Gasteiger partial charge < -0.3 is 9.80 Å². The number of carbonyl (C=O) groups is 2. The van der Waals surface area contributed by atoms with Gasteiger partial charge in [-0.1, -0.05) is 6.92 Å². The summed E-state index contributed by atoms with van der Waals surface area (Å²) < 4.78 is 1.65. The van der Waals surface area contributed by atoms with E-state index in [0.29, 0.717) is 12.2 Å². The number of aryl methyl sites for hydroxylation is 1. The van der Waals surface area contributed by atoms with Crippen molar-refractivity contribution in [2.45, 2.75) is 57.7 Å². The van der Waals surface area contributed by atoms with Crippen molar-refractivity contribution in [1.82, 2.24) is 19.6 Å². The van der Waals surface area contributed by atoms with Crippen LogP contribution in [0.4, 0.5) is 0 Å². The van der Waals surface area contributed by atoms with E-state index in [0.717, 1.165) is 25.7 Å². The van der Waals surface area contributed by atoms with Crippen LogP contribution < -0.4 is 0 Å². The Kier molecular flexibility index (Phi) is 3.09. The minimum atomic E-state index is 0.0289. The molecule has 6 nitrogen and oxygen atoms in total. The molecule has 0 radical (unpaired) electrons. The van der Waals surface area contributed by atoms with Crippen molar-refractivity contribution in [2.75, 3.05) is 6.54 Å². The lowest BCUT2D eigenvalue weighted by molar-refractivity contribution is -0.137. The Bertz CT molecular complexity index is 669. The molecule has 1 aromatic heterocycles. The van der Waals surface area contributed by atoms with Crippen molar-refractivity contribution in [3.8, 4) is 0 Å². The van der Waals surface area contributed by atoms with Crippen molar-refractivity contribution in [3.63, 3.8) is 0 Å². The molecule has 1 saturated carbocycles. The Labute approximate surface area is 136 Å². The van der Waals surface area contributed by atoms with Crippen molar-refractivity contribution in [2.24, 2.45) is 12.5 Å². The summed E-state index contributed by atoms with van der Waals surface area (Å²) in [5.41, 5.74) is 0.666. The van der Waals surface area contributed by atoms with E-state index in [9.17, 15) is 9.59 Å². The van der Waals surface area contributed by atoms with Gasteiger partial charge in [0.05, 0.1) is 6.04 Å². The van der Waals surface area contributed by atoms with Crippen LogP contribution in [0.1, 0.15) is 50.0 Å². The molecule has 23 heavy (non-hydrogen) atoms. The maximum atomic E-state index is 13.2. The Hall–Kier alpha value is -1.85. The second-order valence-corrected chi connectivity index (χ2v) is 7.55. The minimum absolute atomic E-state index is 0.0289. The van der Waals surface area contributed by atoms with Gasteiger partial charge in [0.1, 0.15) is 5.69 Å². The van der Waals surface area contributed by atoms with Crippen LogP contribution in [0.2, 0.25) is 0 Å². The number of piperidine rings is 1. The number of amides is 2. The van der Waals surface area contributed by atoms with Gasteiger partial charge >= 0.3 is 0 Å². The van der Waals surface area contributed by atoms with Gasteiger partial charge in [-0.3, -0.25) is 14.3 Å². The highest BCUT2D eigenvalue weighted by atomic mass is 16.2. The molecule has 0 N–H and O–H groups in total. The number of nitrogens with zero attached hydrogens (tertiary/aromatic N) is 4. The Balaban J connectivity index is 1.74. The first-order chi connectivity index (χ1) is 10.9. The highest BCUT2D eigenvalue weighted by Gasteiger charge is 2.61. The molecule has 2 amide bonds. The maximum absolute atomic E-state index is 13.2. The van der Waals surface area contributed by atoms with E-state index < -0.39 is 0 Å². The Morgan fingerprint density at radius 2 is 2.04 bits per heavy atom. The van der Waals surface area contributed by atoms with Gasteiger partial charge in [0.2, 0.25) is 5.91 Å². The average Bonchev–Trinajstić information content (AvgIpc) is 3.04. The molecular formula is C17H24N4O2. The smallest absolute Gasteiger partial charge is 0.272 e. The number of likely N-dealkylation sites (tertiary alicyclic amines) is 2. The summed E-state index contributed by atoms with van der Waals surface area (Å²) in [4.78, 5) is 29.4. The van der Waals surface area contributed by atoms with E-state index in [-0.39, 0.29) is 35.4 Å². The molecule has 2 bridgehead atoms. The minimum Gasteiger partial charge on any atom is -0.337 e. The zero-order valence-corrected chi connectivity index (χ0v) is 14.0. The quantitative estimate of drug-likeness (QED) is 0.787. The van der Waals surface area contributed by atoms with Gasteiger partial charge in [-0.05, 0) is 31.7 Å². The van der Waals surface area contributed by atoms with Crippen LogP contribution in [0.5, 0.6) is 0 Å². The Morgan fingerprint density at radius 3 is 2.70 bits per heavy atom. The number of rotatable bonds is 1. The number of hydrogen-bond acceptors (Lipinski definition) is 3. The highest BCUT2D eigenvalue weighted by molar-refractivity contribution is 5.93. The molecular weight excluding hydrogens is 292 g/mol. The average molecular weight is 316 g/mol. The summed E-state index contributed by atoms with van der Waals surface area (Å²) in [6, 6.07) is 2.43. The zero-order chi connectivity index (χ0) is 16.4. The van der Waals surface area contributed by atoms with Crippen molar-refractivity contribution in [3.05, 3.63) is 18.0 Å². The third-order valence-corrected chi connectivity index (χ3v) is 6.34. The third-order valence-electron chi connectivity index (χ3n) is 6.34. The lowest BCUT2D eigenvalue weighted by atomic mass is 9.66. The van der Waals surface area contributed by atoms with Gasteiger partial charge in [0, 0.05) is 44.2 Å². The standard InChI is InChI=1S/C17H24N4O2/c1-11(22)20-10-12-9-17(2)14(20)5-4-6-15(17)21(12)16(23)13-7-8-18-19(13)3/h7-8,12,14-15H,4-6,9-10H2,1-3H3/t12-,14+,15-,17+/m0/s1. The number of hydrogen-bond donors (Lipinski definition) is 0. The van der Waals surface area contributed by atoms with Crippen LogP contribution >= 0.6 is 0 Å².